The SMILES string of the molecule is COC(=O)c1c(NC(=O)COC(=O)c2cncc(Br)c2)sc2c1CCC(C)C2. The van der Waals surface area contributed by atoms with Gasteiger partial charge in [-0.3, -0.25) is 9.78 Å². The second-order valence-corrected chi connectivity index (χ2v) is 8.58. The zero-order chi connectivity index (χ0) is 20.3. The van der Waals surface area contributed by atoms with Crippen molar-refractivity contribution in [3.05, 3.63) is 44.5 Å². The number of nitrogens with zero attached hydrogens (tertiary/aromatic N) is 1. The number of pyridine rings is 1. The number of esters is 2. The zero-order valence-corrected chi connectivity index (χ0v) is 17.8. The Morgan fingerprint density at radius 3 is 2.82 bits per heavy atom. The number of rotatable bonds is 5. The van der Waals surface area contributed by atoms with Gasteiger partial charge in [0.25, 0.3) is 5.91 Å². The van der Waals surface area contributed by atoms with Crippen molar-refractivity contribution < 1.29 is 23.9 Å². The Hall–Kier alpha value is -2.26. The van der Waals surface area contributed by atoms with Crippen LogP contribution in [0.1, 0.15) is 44.5 Å². The third-order valence-corrected chi connectivity index (χ3v) is 6.03. The molecular formula is C19H19BrN2O5S. The van der Waals surface area contributed by atoms with Gasteiger partial charge in [0.05, 0.1) is 18.2 Å². The van der Waals surface area contributed by atoms with Crippen molar-refractivity contribution in [2.45, 2.75) is 26.2 Å². The summed E-state index contributed by atoms with van der Waals surface area (Å²) in [6.45, 7) is 1.69. The summed E-state index contributed by atoms with van der Waals surface area (Å²) in [7, 11) is 1.32. The first-order chi connectivity index (χ1) is 13.4. The predicted molar refractivity (Wildman–Crippen MR) is 108 cm³/mol. The maximum atomic E-state index is 12.3. The molecule has 148 valence electrons. The molecule has 0 radical (unpaired) electrons. The summed E-state index contributed by atoms with van der Waals surface area (Å²) in [4.78, 5) is 41.6. The third kappa shape index (κ3) is 4.59. The molecule has 0 saturated heterocycles. The fourth-order valence-electron chi connectivity index (χ4n) is 3.06. The van der Waals surface area contributed by atoms with E-state index in [1.165, 1.54) is 30.8 Å². The van der Waals surface area contributed by atoms with Crippen molar-refractivity contribution in [2.75, 3.05) is 19.0 Å². The monoisotopic (exact) mass is 466 g/mol. The maximum Gasteiger partial charge on any atom is 0.341 e. The van der Waals surface area contributed by atoms with E-state index in [0.717, 1.165) is 29.7 Å². The van der Waals surface area contributed by atoms with Crippen LogP contribution in [0.3, 0.4) is 0 Å². The minimum Gasteiger partial charge on any atom is -0.465 e. The van der Waals surface area contributed by atoms with Gasteiger partial charge in [-0.25, -0.2) is 9.59 Å². The van der Waals surface area contributed by atoms with E-state index in [0.29, 0.717) is 21.0 Å². The Balaban J connectivity index is 1.70. The molecule has 2 aromatic rings. The van der Waals surface area contributed by atoms with Crippen molar-refractivity contribution >= 4 is 50.1 Å². The smallest absolute Gasteiger partial charge is 0.341 e. The highest BCUT2D eigenvalue weighted by Gasteiger charge is 2.29. The summed E-state index contributed by atoms with van der Waals surface area (Å²) in [6, 6.07) is 1.55. The average molecular weight is 467 g/mol. The maximum absolute atomic E-state index is 12.3. The number of fused-ring (bicyclic) bond motifs is 1. The molecule has 1 N–H and O–H groups in total. The fourth-order valence-corrected chi connectivity index (χ4v) is 4.84. The second-order valence-electron chi connectivity index (χ2n) is 6.56. The Labute approximate surface area is 174 Å². The Morgan fingerprint density at radius 1 is 1.32 bits per heavy atom. The summed E-state index contributed by atoms with van der Waals surface area (Å²) in [5.74, 6) is -1.12. The minimum absolute atomic E-state index is 0.234. The number of thiophene rings is 1. The highest BCUT2D eigenvalue weighted by molar-refractivity contribution is 9.10. The van der Waals surface area contributed by atoms with Crippen LogP contribution in [0.25, 0.3) is 0 Å². The van der Waals surface area contributed by atoms with E-state index < -0.39 is 24.5 Å². The summed E-state index contributed by atoms with van der Waals surface area (Å²) in [5, 5.41) is 3.13. The normalized spacial score (nSPS) is 15.5. The van der Waals surface area contributed by atoms with Gasteiger partial charge in [-0.15, -0.1) is 11.3 Å². The van der Waals surface area contributed by atoms with Crippen molar-refractivity contribution in [1.82, 2.24) is 4.98 Å². The van der Waals surface area contributed by atoms with E-state index in [-0.39, 0.29) is 5.56 Å². The number of aromatic nitrogens is 1. The van der Waals surface area contributed by atoms with E-state index >= 15 is 0 Å². The van der Waals surface area contributed by atoms with Crippen molar-refractivity contribution in [3.63, 3.8) is 0 Å². The molecule has 3 rings (SSSR count). The summed E-state index contributed by atoms with van der Waals surface area (Å²) in [6.07, 6.45) is 5.52. The molecule has 0 fully saturated rings. The number of hydrogen-bond donors (Lipinski definition) is 1. The number of methoxy groups -OCH3 is 1. The van der Waals surface area contributed by atoms with E-state index in [1.807, 2.05) is 0 Å². The van der Waals surface area contributed by atoms with E-state index in [9.17, 15) is 14.4 Å². The van der Waals surface area contributed by atoms with Crippen LogP contribution in [-0.2, 0) is 27.1 Å². The first-order valence-electron chi connectivity index (χ1n) is 8.69. The molecule has 0 aromatic carbocycles. The van der Waals surface area contributed by atoms with Gasteiger partial charge in [-0.2, -0.15) is 0 Å². The highest BCUT2D eigenvalue weighted by Crippen LogP contribution is 2.40. The summed E-state index contributed by atoms with van der Waals surface area (Å²) in [5.41, 5.74) is 1.59. The standard InChI is InChI=1S/C19H19BrN2O5S/c1-10-3-4-13-14(5-10)28-17(16(13)19(25)26-2)22-15(23)9-27-18(24)11-6-12(20)8-21-7-11/h6-8,10H,3-5,9H2,1-2H3,(H,22,23). The van der Waals surface area contributed by atoms with Crippen molar-refractivity contribution in [1.29, 1.82) is 0 Å². The lowest BCUT2D eigenvalue weighted by Crippen LogP contribution is -2.22. The van der Waals surface area contributed by atoms with E-state index in [1.54, 1.807) is 6.07 Å². The molecule has 28 heavy (non-hydrogen) atoms. The molecule has 1 atom stereocenters. The number of carbonyl (C=O) groups excluding carboxylic acids is 3. The number of hydrogen-bond acceptors (Lipinski definition) is 7. The predicted octanol–water partition coefficient (Wildman–Crippen LogP) is 3.61. The number of amides is 1. The fraction of sp³-hybridized carbons (Fsp3) is 0.368. The molecule has 1 unspecified atom stereocenters. The van der Waals surface area contributed by atoms with Crippen LogP contribution < -0.4 is 5.32 Å². The molecule has 0 spiro atoms. The van der Waals surface area contributed by atoms with Crippen LogP contribution >= 0.6 is 27.3 Å². The minimum atomic E-state index is -0.656. The van der Waals surface area contributed by atoms with Gasteiger partial charge in [0.15, 0.2) is 6.61 Å². The van der Waals surface area contributed by atoms with Crippen LogP contribution in [0.15, 0.2) is 22.9 Å². The van der Waals surface area contributed by atoms with Gasteiger partial charge in [0, 0.05) is 21.7 Å². The molecule has 1 amide bonds. The second kappa shape index (κ2) is 8.83. The number of carbonyl (C=O) groups is 3. The lowest BCUT2D eigenvalue weighted by Gasteiger charge is -2.18. The number of halogens is 1. The van der Waals surface area contributed by atoms with E-state index in [2.05, 4.69) is 33.2 Å². The van der Waals surface area contributed by atoms with Crippen LogP contribution in [0.2, 0.25) is 0 Å². The van der Waals surface area contributed by atoms with Gasteiger partial charge < -0.3 is 14.8 Å². The van der Waals surface area contributed by atoms with Crippen molar-refractivity contribution in [3.8, 4) is 0 Å². The van der Waals surface area contributed by atoms with Gasteiger partial charge in [-0.1, -0.05) is 6.92 Å². The molecular weight excluding hydrogens is 448 g/mol. The molecule has 2 aromatic heterocycles. The topological polar surface area (TPSA) is 94.6 Å². The lowest BCUT2D eigenvalue weighted by molar-refractivity contribution is -0.119. The summed E-state index contributed by atoms with van der Waals surface area (Å²) >= 11 is 4.60. The van der Waals surface area contributed by atoms with E-state index in [4.69, 9.17) is 9.47 Å². The third-order valence-electron chi connectivity index (χ3n) is 4.43. The van der Waals surface area contributed by atoms with Gasteiger partial charge in [0.2, 0.25) is 0 Å². The van der Waals surface area contributed by atoms with Crippen LogP contribution in [0.4, 0.5) is 5.00 Å². The summed E-state index contributed by atoms with van der Waals surface area (Å²) < 4.78 is 10.6. The molecule has 7 nitrogen and oxygen atoms in total. The Bertz CT molecular complexity index is 927. The number of ether oxygens (including phenoxy) is 2. The largest absolute Gasteiger partial charge is 0.465 e. The molecule has 0 bridgehead atoms. The molecule has 9 heteroatoms. The quantitative estimate of drug-likeness (QED) is 0.676. The van der Waals surface area contributed by atoms with Gasteiger partial charge in [0.1, 0.15) is 5.00 Å². The molecule has 0 aliphatic heterocycles. The molecule has 1 aliphatic rings. The molecule has 0 saturated carbocycles. The Kier molecular flexibility index (Phi) is 6.46. The molecule has 2 heterocycles. The zero-order valence-electron chi connectivity index (χ0n) is 15.4. The highest BCUT2D eigenvalue weighted by atomic mass is 79.9. The van der Waals surface area contributed by atoms with Gasteiger partial charge in [-0.05, 0) is 52.7 Å². The van der Waals surface area contributed by atoms with Crippen LogP contribution in [-0.4, -0.2) is 36.5 Å². The lowest BCUT2D eigenvalue weighted by atomic mass is 9.88. The first kappa shape index (κ1) is 20.5. The van der Waals surface area contributed by atoms with Crippen LogP contribution in [0.5, 0.6) is 0 Å². The number of nitrogens with one attached hydrogen (secondary N) is 1. The molecule has 1 aliphatic carbocycles. The Morgan fingerprint density at radius 2 is 2.11 bits per heavy atom. The van der Waals surface area contributed by atoms with Crippen molar-refractivity contribution in [2.24, 2.45) is 5.92 Å². The average Bonchev–Trinajstić information content (AvgIpc) is 3.02. The van der Waals surface area contributed by atoms with Crippen LogP contribution in [0, 0.1) is 5.92 Å². The first-order valence-corrected chi connectivity index (χ1v) is 10.3. The number of anilines is 1. The van der Waals surface area contributed by atoms with Gasteiger partial charge >= 0.3 is 11.9 Å².